The van der Waals surface area contributed by atoms with Gasteiger partial charge in [0.15, 0.2) is 9.84 Å². The molecule has 2 aromatic rings. The topological polar surface area (TPSA) is 63.2 Å². The van der Waals surface area contributed by atoms with Crippen molar-refractivity contribution in [3.8, 4) is 0 Å². The highest BCUT2D eigenvalue weighted by Crippen LogP contribution is 2.20. The van der Waals surface area contributed by atoms with E-state index in [2.05, 4.69) is 5.32 Å². The lowest BCUT2D eigenvalue weighted by atomic mass is 10.1. The van der Waals surface area contributed by atoms with Gasteiger partial charge in [-0.1, -0.05) is 23.7 Å². The van der Waals surface area contributed by atoms with Crippen molar-refractivity contribution in [2.75, 3.05) is 11.6 Å². The summed E-state index contributed by atoms with van der Waals surface area (Å²) >= 11 is 5.75. The largest absolute Gasteiger partial charge is 0.319 e. The van der Waals surface area contributed by atoms with E-state index in [1.807, 2.05) is 0 Å². The molecule has 0 saturated carbocycles. The summed E-state index contributed by atoms with van der Waals surface area (Å²) in [6.45, 7) is 0. The summed E-state index contributed by atoms with van der Waals surface area (Å²) in [5.41, 5.74) is 0.849. The molecule has 1 amide bonds. The third-order valence-corrected chi connectivity index (χ3v) is 3.91. The summed E-state index contributed by atoms with van der Waals surface area (Å²) < 4.78 is 35.9. The van der Waals surface area contributed by atoms with Gasteiger partial charge in [-0.2, -0.15) is 0 Å². The van der Waals surface area contributed by atoms with Crippen LogP contribution in [0.25, 0.3) is 0 Å². The van der Waals surface area contributed by atoms with E-state index in [0.717, 1.165) is 12.3 Å². The summed E-state index contributed by atoms with van der Waals surface area (Å²) in [6, 6.07) is 9.91. The normalized spacial score (nSPS) is 11.2. The van der Waals surface area contributed by atoms with E-state index in [0.29, 0.717) is 10.6 Å². The minimum atomic E-state index is -3.13. The van der Waals surface area contributed by atoms with Gasteiger partial charge in [0.25, 0.3) is 5.91 Å². The second-order valence-corrected chi connectivity index (χ2v) is 7.42. The molecule has 2 rings (SSSR count). The Morgan fingerprint density at radius 2 is 1.82 bits per heavy atom. The Balaban J connectivity index is 2.15. The Morgan fingerprint density at radius 3 is 2.41 bits per heavy atom. The molecule has 7 heteroatoms. The minimum Gasteiger partial charge on any atom is -0.319 e. The van der Waals surface area contributed by atoms with Crippen molar-refractivity contribution in [3.63, 3.8) is 0 Å². The first kappa shape index (κ1) is 16.5. The number of halogens is 2. The highest BCUT2D eigenvalue weighted by atomic mass is 35.5. The number of sulfone groups is 1. The highest BCUT2D eigenvalue weighted by molar-refractivity contribution is 7.89. The third kappa shape index (κ3) is 4.54. The predicted molar refractivity (Wildman–Crippen MR) is 84.4 cm³/mol. The van der Waals surface area contributed by atoms with Gasteiger partial charge in [-0.15, -0.1) is 0 Å². The van der Waals surface area contributed by atoms with E-state index < -0.39 is 21.6 Å². The van der Waals surface area contributed by atoms with Crippen molar-refractivity contribution < 1.29 is 17.6 Å². The molecule has 4 nitrogen and oxygen atoms in total. The number of hydrogen-bond acceptors (Lipinski definition) is 3. The van der Waals surface area contributed by atoms with Crippen LogP contribution in [0.2, 0.25) is 5.02 Å². The number of nitrogens with one attached hydrogen (secondary N) is 1. The number of amides is 1. The molecule has 0 spiro atoms. The Labute approximate surface area is 132 Å². The minimum absolute atomic E-state index is 0.0160. The maximum atomic E-state index is 13.6. The Morgan fingerprint density at radius 1 is 1.18 bits per heavy atom. The first-order chi connectivity index (χ1) is 10.2. The molecule has 0 fully saturated rings. The van der Waals surface area contributed by atoms with Gasteiger partial charge in [-0.25, -0.2) is 12.8 Å². The Kier molecular flexibility index (Phi) is 4.83. The molecule has 0 heterocycles. The van der Waals surface area contributed by atoms with E-state index in [-0.39, 0.29) is 17.0 Å². The van der Waals surface area contributed by atoms with E-state index in [4.69, 9.17) is 11.6 Å². The van der Waals surface area contributed by atoms with Gasteiger partial charge in [-0.3, -0.25) is 4.79 Å². The van der Waals surface area contributed by atoms with E-state index >= 15 is 0 Å². The molecule has 0 aliphatic rings. The molecule has 0 aliphatic carbocycles. The van der Waals surface area contributed by atoms with Crippen LogP contribution in [0, 0.1) is 5.82 Å². The Bertz CT molecular complexity index is 804. The van der Waals surface area contributed by atoms with Gasteiger partial charge >= 0.3 is 0 Å². The third-order valence-electron chi connectivity index (χ3n) is 2.82. The van der Waals surface area contributed by atoms with Gasteiger partial charge < -0.3 is 5.32 Å². The summed E-state index contributed by atoms with van der Waals surface area (Å²) in [5.74, 6) is -1.20. The lowest BCUT2D eigenvalue weighted by Gasteiger charge is -2.07. The highest BCUT2D eigenvalue weighted by Gasteiger charge is 2.11. The summed E-state index contributed by atoms with van der Waals surface area (Å²) in [7, 11) is -3.13. The lowest BCUT2D eigenvalue weighted by Crippen LogP contribution is -2.13. The van der Waals surface area contributed by atoms with Crippen LogP contribution in [-0.2, 0) is 15.6 Å². The zero-order valence-electron chi connectivity index (χ0n) is 11.6. The fraction of sp³-hybridized carbons (Fsp3) is 0.133. The van der Waals surface area contributed by atoms with Crippen LogP contribution in [0.1, 0.15) is 15.9 Å². The van der Waals surface area contributed by atoms with Crippen LogP contribution >= 0.6 is 11.6 Å². The summed E-state index contributed by atoms with van der Waals surface area (Å²) in [4.78, 5) is 12.0. The van der Waals surface area contributed by atoms with Crippen LogP contribution in [0.15, 0.2) is 42.5 Å². The van der Waals surface area contributed by atoms with Crippen molar-refractivity contribution in [1.29, 1.82) is 0 Å². The van der Waals surface area contributed by atoms with Crippen molar-refractivity contribution in [2.45, 2.75) is 5.75 Å². The molecule has 2 aromatic carbocycles. The standard InChI is InChI=1S/C15H13ClFNO3S/c1-22(20,21)9-10-2-4-11(5-3-10)15(19)18-14-8-12(16)6-7-13(14)17/h2-8H,9H2,1H3,(H,18,19). The molecule has 0 atom stereocenters. The first-order valence-electron chi connectivity index (χ1n) is 6.28. The van der Waals surface area contributed by atoms with Gasteiger partial charge in [0.2, 0.25) is 0 Å². The maximum Gasteiger partial charge on any atom is 0.255 e. The summed E-state index contributed by atoms with van der Waals surface area (Å²) in [5, 5.41) is 2.72. The van der Waals surface area contributed by atoms with Gasteiger partial charge in [0, 0.05) is 16.8 Å². The zero-order valence-corrected chi connectivity index (χ0v) is 13.2. The molecular weight excluding hydrogens is 329 g/mol. The quantitative estimate of drug-likeness (QED) is 0.928. The average molecular weight is 342 g/mol. The molecule has 1 N–H and O–H groups in total. The number of carbonyl (C=O) groups excluding carboxylic acids is 1. The van der Waals surface area contributed by atoms with E-state index in [1.54, 1.807) is 12.1 Å². The second-order valence-electron chi connectivity index (χ2n) is 4.85. The van der Waals surface area contributed by atoms with Gasteiger partial charge in [0.1, 0.15) is 5.82 Å². The maximum absolute atomic E-state index is 13.6. The Hall–Kier alpha value is -1.92. The van der Waals surface area contributed by atoms with Crippen LogP contribution in [0.3, 0.4) is 0 Å². The zero-order chi connectivity index (χ0) is 16.3. The number of carbonyl (C=O) groups is 1. The second kappa shape index (κ2) is 6.46. The molecule has 0 radical (unpaired) electrons. The molecule has 116 valence electrons. The van der Waals surface area contributed by atoms with Crippen molar-refractivity contribution in [3.05, 3.63) is 64.4 Å². The van der Waals surface area contributed by atoms with Crippen LogP contribution in [-0.4, -0.2) is 20.6 Å². The molecule has 0 bridgehead atoms. The van der Waals surface area contributed by atoms with Gasteiger partial charge in [-0.05, 0) is 35.9 Å². The first-order valence-corrected chi connectivity index (χ1v) is 8.71. The van der Waals surface area contributed by atoms with Crippen LogP contribution in [0.4, 0.5) is 10.1 Å². The number of rotatable bonds is 4. The molecule has 22 heavy (non-hydrogen) atoms. The number of anilines is 1. The van der Waals surface area contributed by atoms with Crippen molar-refractivity contribution >= 4 is 33.0 Å². The summed E-state index contributed by atoms with van der Waals surface area (Å²) in [6.07, 6.45) is 1.13. The molecule has 0 saturated heterocycles. The van der Waals surface area contributed by atoms with E-state index in [1.165, 1.54) is 24.3 Å². The molecular formula is C15H13ClFNO3S. The molecule has 0 aromatic heterocycles. The molecule has 0 unspecified atom stereocenters. The van der Waals surface area contributed by atoms with Gasteiger partial charge in [0.05, 0.1) is 11.4 Å². The van der Waals surface area contributed by atoms with Crippen LogP contribution in [0.5, 0.6) is 0 Å². The smallest absolute Gasteiger partial charge is 0.255 e. The van der Waals surface area contributed by atoms with Crippen molar-refractivity contribution in [1.82, 2.24) is 0 Å². The monoisotopic (exact) mass is 341 g/mol. The number of hydrogen-bond donors (Lipinski definition) is 1. The van der Waals surface area contributed by atoms with Crippen molar-refractivity contribution in [2.24, 2.45) is 0 Å². The predicted octanol–water partition coefficient (Wildman–Crippen LogP) is 3.28. The SMILES string of the molecule is CS(=O)(=O)Cc1ccc(C(=O)Nc2cc(Cl)ccc2F)cc1. The lowest BCUT2D eigenvalue weighted by molar-refractivity contribution is 0.102. The fourth-order valence-electron chi connectivity index (χ4n) is 1.84. The molecule has 0 aliphatic heterocycles. The fourth-order valence-corrected chi connectivity index (χ4v) is 2.81. The van der Waals surface area contributed by atoms with E-state index in [9.17, 15) is 17.6 Å². The average Bonchev–Trinajstić information content (AvgIpc) is 2.42. The van der Waals surface area contributed by atoms with Crippen LogP contribution < -0.4 is 5.32 Å². The number of benzene rings is 2.